The second-order valence-electron chi connectivity index (χ2n) is 6.84. The summed E-state index contributed by atoms with van der Waals surface area (Å²) in [5, 5.41) is 6.19. The highest BCUT2D eigenvalue weighted by Crippen LogP contribution is 2.24. The van der Waals surface area contributed by atoms with Gasteiger partial charge in [0.15, 0.2) is 5.82 Å². The van der Waals surface area contributed by atoms with Gasteiger partial charge in [-0.2, -0.15) is 0 Å². The van der Waals surface area contributed by atoms with Gasteiger partial charge in [0.2, 0.25) is 0 Å². The zero-order valence-corrected chi connectivity index (χ0v) is 17.1. The second kappa shape index (κ2) is 9.54. The van der Waals surface area contributed by atoms with Crippen LogP contribution in [0.4, 0.5) is 11.5 Å². The lowest BCUT2D eigenvalue weighted by Gasteiger charge is -2.13. The predicted molar refractivity (Wildman–Crippen MR) is 121 cm³/mol. The van der Waals surface area contributed by atoms with Gasteiger partial charge in [0.1, 0.15) is 17.1 Å². The third kappa shape index (κ3) is 5.05. The van der Waals surface area contributed by atoms with E-state index in [0.717, 1.165) is 22.6 Å². The van der Waals surface area contributed by atoms with Crippen LogP contribution >= 0.6 is 0 Å². The van der Waals surface area contributed by atoms with Crippen LogP contribution in [0.5, 0.6) is 5.75 Å². The molecule has 0 atom stereocenters. The molecule has 0 spiro atoms. The summed E-state index contributed by atoms with van der Waals surface area (Å²) >= 11 is 0. The number of methoxy groups -OCH3 is 1. The van der Waals surface area contributed by atoms with E-state index in [4.69, 9.17) is 4.74 Å². The highest BCUT2D eigenvalue weighted by molar-refractivity contribution is 5.99. The van der Waals surface area contributed by atoms with Gasteiger partial charge in [-0.25, -0.2) is 9.97 Å². The number of aromatic nitrogens is 2. The van der Waals surface area contributed by atoms with Crippen LogP contribution in [0.25, 0.3) is 11.4 Å². The molecule has 3 aromatic carbocycles. The molecule has 1 amide bonds. The molecule has 1 heterocycles. The lowest BCUT2D eigenvalue weighted by Crippen LogP contribution is -2.24. The average molecular weight is 410 g/mol. The van der Waals surface area contributed by atoms with Crippen LogP contribution < -0.4 is 15.4 Å². The molecular weight excluding hydrogens is 388 g/mol. The molecule has 4 rings (SSSR count). The lowest BCUT2D eigenvalue weighted by molar-refractivity contribution is 0.0951. The van der Waals surface area contributed by atoms with Crippen molar-refractivity contribution in [1.29, 1.82) is 0 Å². The van der Waals surface area contributed by atoms with E-state index < -0.39 is 0 Å². The molecule has 0 aliphatic heterocycles. The summed E-state index contributed by atoms with van der Waals surface area (Å²) in [7, 11) is 1.62. The Kier molecular flexibility index (Phi) is 6.18. The monoisotopic (exact) mass is 410 g/mol. The zero-order chi connectivity index (χ0) is 21.5. The SMILES string of the molecule is COc1ccc(Nc2nc(-c3ccccc3)ncc2C(=O)NCc2ccccc2)cc1. The third-order valence-electron chi connectivity index (χ3n) is 4.71. The summed E-state index contributed by atoms with van der Waals surface area (Å²) < 4.78 is 5.21. The number of carbonyl (C=O) groups is 1. The van der Waals surface area contributed by atoms with Crippen LogP contribution in [0, 0.1) is 0 Å². The molecule has 31 heavy (non-hydrogen) atoms. The molecule has 0 fully saturated rings. The first-order valence-corrected chi connectivity index (χ1v) is 9.88. The average Bonchev–Trinajstić information content (AvgIpc) is 2.84. The Morgan fingerprint density at radius 2 is 1.58 bits per heavy atom. The first-order valence-electron chi connectivity index (χ1n) is 9.88. The standard InChI is InChI=1S/C25H22N4O2/c1-31-21-14-12-20(13-15-21)28-24-22(25(30)27-16-18-8-4-2-5-9-18)17-26-23(29-24)19-10-6-3-7-11-19/h2-15,17H,16H2,1H3,(H,27,30)(H,26,28,29). The smallest absolute Gasteiger partial charge is 0.256 e. The Morgan fingerprint density at radius 3 is 2.26 bits per heavy atom. The summed E-state index contributed by atoms with van der Waals surface area (Å²) in [4.78, 5) is 22.0. The Morgan fingerprint density at radius 1 is 0.903 bits per heavy atom. The van der Waals surface area contributed by atoms with Crippen molar-refractivity contribution >= 4 is 17.4 Å². The minimum atomic E-state index is -0.250. The fourth-order valence-corrected chi connectivity index (χ4v) is 3.05. The maximum absolute atomic E-state index is 12.9. The molecule has 4 aromatic rings. The lowest BCUT2D eigenvalue weighted by atomic mass is 10.2. The molecule has 0 bridgehead atoms. The van der Waals surface area contributed by atoms with Crippen LogP contribution in [-0.2, 0) is 6.54 Å². The summed E-state index contributed by atoms with van der Waals surface area (Å²) in [5.74, 6) is 1.47. The van der Waals surface area contributed by atoms with Crippen LogP contribution in [0.1, 0.15) is 15.9 Å². The van der Waals surface area contributed by atoms with Crippen LogP contribution in [0.2, 0.25) is 0 Å². The number of carbonyl (C=O) groups excluding carboxylic acids is 1. The van der Waals surface area contributed by atoms with Crippen molar-refractivity contribution in [3.05, 3.63) is 102 Å². The maximum Gasteiger partial charge on any atom is 0.256 e. The first-order chi connectivity index (χ1) is 15.2. The van der Waals surface area contributed by atoms with Crippen molar-refractivity contribution in [3.63, 3.8) is 0 Å². The Balaban J connectivity index is 1.63. The molecule has 6 nitrogen and oxygen atoms in total. The van der Waals surface area contributed by atoms with Gasteiger partial charge in [-0.1, -0.05) is 60.7 Å². The van der Waals surface area contributed by atoms with E-state index in [-0.39, 0.29) is 5.91 Å². The van der Waals surface area contributed by atoms with E-state index in [1.165, 1.54) is 0 Å². The number of hydrogen-bond acceptors (Lipinski definition) is 5. The van der Waals surface area contributed by atoms with Crippen molar-refractivity contribution in [3.8, 4) is 17.1 Å². The van der Waals surface area contributed by atoms with Crippen LogP contribution in [0.3, 0.4) is 0 Å². The normalized spacial score (nSPS) is 10.4. The second-order valence-corrected chi connectivity index (χ2v) is 6.84. The van der Waals surface area contributed by atoms with Crippen molar-refractivity contribution in [2.75, 3.05) is 12.4 Å². The molecule has 0 aliphatic rings. The molecule has 0 unspecified atom stereocenters. The number of nitrogens with one attached hydrogen (secondary N) is 2. The molecule has 2 N–H and O–H groups in total. The van der Waals surface area contributed by atoms with Crippen LogP contribution in [0.15, 0.2) is 91.1 Å². The minimum absolute atomic E-state index is 0.250. The van der Waals surface area contributed by atoms with Gasteiger partial charge in [-0.05, 0) is 29.8 Å². The van der Waals surface area contributed by atoms with Gasteiger partial charge in [0.05, 0.1) is 7.11 Å². The molecule has 154 valence electrons. The topological polar surface area (TPSA) is 76.1 Å². The molecular formula is C25H22N4O2. The van der Waals surface area contributed by atoms with Crippen molar-refractivity contribution in [2.24, 2.45) is 0 Å². The van der Waals surface area contributed by atoms with Crippen molar-refractivity contribution in [2.45, 2.75) is 6.54 Å². The molecule has 0 saturated carbocycles. The van der Waals surface area contributed by atoms with E-state index >= 15 is 0 Å². The Bertz CT molecular complexity index is 1150. The summed E-state index contributed by atoms with van der Waals surface area (Å²) in [6, 6.07) is 26.8. The highest BCUT2D eigenvalue weighted by Gasteiger charge is 2.16. The van der Waals surface area contributed by atoms with Gasteiger partial charge in [-0.15, -0.1) is 0 Å². The van der Waals surface area contributed by atoms with E-state index in [9.17, 15) is 4.79 Å². The van der Waals surface area contributed by atoms with Gasteiger partial charge in [0.25, 0.3) is 5.91 Å². The molecule has 6 heteroatoms. The fraction of sp³-hybridized carbons (Fsp3) is 0.0800. The van der Waals surface area contributed by atoms with E-state index in [1.807, 2.05) is 84.9 Å². The number of rotatable bonds is 7. The molecule has 0 aliphatic carbocycles. The third-order valence-corrected chi connectivity index (χ3v) is 4.71. The van der Waals surface area contributed by atoms with Crippen molar-refractivity contribution in [1.82, 2.24) is 15.3 Å². The number of ether oxygens (including phenoxy) is 1. The maximum atomic E-state index is 12.9. The van der Waals surface area contributed by atoms with E-state index in [2.05, 4.69) is 20.6 Å². The van der Waals surface area contributed by atoms with Gasteiger partial charge in [0, 0.05) is 24.0 Å². The predicted octanol–water partition coefficient (Wildman–Crippen LogP) is 4.83. The Labute approximate surface area is 181 Å². The summed E-state index contributed by atoms with van der Waals surface area (Å²) in [5.41, 5.74) is 3.04. The van der Waals surface area contributed by atoms with Gasteiger partial charge in [-0.3, -0.25) is 4.79 Å². The largest absolute Gasteiger partial charge is 0.497 e. The molecule has 0 radical (unpaired) electrons. The summed E-state index contributed by atoms with van der Waals surface area (Å²) in [6.07, 6.45) is 1.56. The number of benzene rings is 3. The van der Waals surface area contributed by atoms with E-state index in [0.29, 0.717) is 23.8 Å². The first kappa shape index (κ1) is 20.1. The van der Waals surface area contributed by atoms with Crippen molar-refractivity contribution < 1.29 is 9.53 Å². The van der Waals surface area contributed by atoms with Crippen LogP contribution in [-0.4, -0.2) is 23.0 Å². The number of hydrogen-bond donors (Lipinski definition) is 2. The summed E-state index contributed by atoms with van der Waals surface area (Å²) in [6.45, 7) is 0.419. The number of nitrogens with zero attached hydrogens (tertiary/aromatic N) is 2. The number of anilines is 2. The minimum Gasteiger partial charge on any atom is -0.497 e. The highest BCUT2D eigenvalue weighted by atomic mass is 16.5. The molecule has 1 aromatic heterocycles. The van der Waals surface area contributed by atoms with Gasteiger partial charge >= 0.3 is 0 Å². The molecule has 0 saturated heterocycles. The Hall–Kier alpha value is -4.19. The fourth-order valence-electron chi connectivity index (χ4n) is 3.05. The van der Waals surface area contributed by atoms with E-state index in [1.54, 1.807) is 13.3 Å². The number of amides is 1. The zero-order valence-electron chi connectivity index (χ0n) is 17.1. The quantitative estimate of drug-likeness (QED) is 0.457. The van der Waals surface area contributed by atoms with Gasteiger partial charge < -0.3 is 15.4 Å².